The van der Waals surface area contributed by atoms with Gasteiger partial charge in [-0.3, -0.25) is 0 Å². The van der Waals surface area contributed by atoms with Crippen LogP contribution in [-0.2, 0) is 0 Å². The van der Waals surface area contributed by atoms with Crippen LogP contribution >= 0.6 is 11.8 Å². The van der Waals surface area contributed by atoms with Crippen molar-refractivity contribution in [3.05, 3.63) is 30.3 Å². The summed E-state index contributed by atoms with van der Waals surface area (Å²) in [6.45, 7) is 5.33. The minimum absolute atomic E-state index is 0.526. The normalized spacial score (nSPS) is 12.5. The van der Waals surface area contributed by atoms with Crippen molar-refractivity contribution in [3.63, 3.8) is 0 Å². The molecule has 1 atom stereocenters. The Morgan fingerprint density at radius 2 is 2.11 bits per heavy atom. The third-order valence-corrected chi connectivity index (χ3v) is 3.73. The van der Waals surface area contributed by atoms with Crippen LogP contribution in [0.5, 0.6) is 0 Å². The number of tetrazole rings is 1. The van der Waals surface area contributed by atoms with E-state index in [1.54, 1.807) is 16.4 Å². The number of thioether (sulfide) groups is 1. The molecule has 5 nitrogen and oxygen atoms in total. The summed E-state index contributed by atoms with van der Waals surface area (Å²) in [5, 5.41) is 16.1. The number of nitrogens with zero attached hydrogens (tertiary/aromatic N) is 4. The number of rotatable bonds is 7. The molecule has 0 spiro atoms. The molecular formula is C13H19N5S. The number of aromatic nitrogens is 4. The van der Waals surface area contributed by atoms with Crippen molar-refractivity contribution in [1.82, 2.24) is 25.5 Å². The summed E-state index contributed by atoms with van der Waals surface area (Å²) < 4.78 is 1.78. The fourth-order valence-electron chi connectivity index (χ4n) is 1.78. The van der Waals surface area contributed by atoms with E-state index in [1.165, 1.54) is 0 Å². The van der Waals surface area contributed by atoms with E-state index in [0.717, 1.165) is 29.6 Å². The zero-order chi connectivity index (χ0) is 13.5. The first-order valence-corrected chi connectivity index (χ1v) is 7.49. The largest absolute Gasteiger partial charge is 0.315 e. The van der Waals surface area contributed by atoms with Crippen molar-refractivity contribution in [1.29, 1.82) is 0 Å². The number of hydrogen-bond acceptors (Lipinski definition) is 5. The van der Waals surface area contributed by atoms with Crippen LogP contribution in [0.15, 0.2) is 35.5 Å². The van der Waals surface area contributed by atoms with Gasteiger partial charge in [0.05, 0.1) is 5.69 Å². The number of para-hydroxylation sites is 1. The van der Waals surface area contributed by atoms with E-state index in [9.17, 15) is 0 Å². The van der Waals surface area contributed by atoms with Crippen molar-refractivity contribution in [2.45, 2.75) is 31.5 Å². The lowest BCUT2D eigenvalue weighted by Gasteiger charge is -2.11. The molecule has 2 aromatic rings. The summed E-state index contributed by atoms with van der Waals surface area (Å²) in [5.41, 5.74) is 0.995. The lowest BCUT2D eigenvalue weighted by atomic mass is 10.3. The Morgan fingerprint density at radius 3 is 2.84 bits per heavy atom. The molecular weight excluding hydrogens is 258 g/mol. The van der Waals surface area contributed by atoms with Gasteiger partial charge in [0, 0.05) is 11.8 Å². The Morgan fingerprint density at radius 1 is 1.32 bits per heavy atom. The van der Waals surface area contributed by atoms with Gasteiger partial charge in [0.15, 0.2) is 0 Å². The number of benzene rings is 1. The van der Waals surface area contributed by atoms with Gasteiger partial charge in [0.2, 0.25) is 5.16 Å². The predicted octanol–water partition coefficient (Wildman–Crippen LogP) is 2.14. The third-order valence-electron chi connectivity index (χ3n) is 2.78. The van der Waals surface area contributed by atoms with E-state index in [2.05, 4.69) is 34.7 Å². The highest BCUT2D eigenvalue weighted by Crippen LogP contribution is 2.19. The second kappa shape index (κ2) is 7.25. The molecule has 6 heteroatoms. The molecule has 0 saturated carbocycles. The Balaban J connectivity index is 1.94. The second-order valence-corrected chi connectivity index (χ2v) is 5.37. The number of hydrogen-bond donors (Lipinski definition) is 1. The maximum atomic E-state index is 4.08. The monoisotopic (exact) mass is 277 g/mol. The van der Waals surface area contributed by atoms with E-state index in [0.29, 0.717) is 6.04 Å². The van der Waals surface area contributed by atoms with Gasteiger partial charge >= 0.3 is 0 Å². The van der Waals surface area contributed by atoms with Gasteiger partial charge in [0.1, 0.15) is 0 Å². The average Bonchev–Trinajstić information content (AvgIpc) is 2.88. The summed E-state index contributed by atoms with van der Waals surface area (Å²) in [4.78, 5) is 0. The van der Waals surface area contributed by atoms with Crippen LogP contribution in [0.4, 0.5) is 0 Å². The molecule has 1 aromatic heterocycles. The molecule has 0 bridgehead atoms. The van der Waals surface area contributed by atoms with Crippen molar-refractivity contribution in [3.8, 4) is 5.69 Å². The summed E-state index contributed by atoms with van der Waals surface area (Å²) in [7, 11) is 0. The Labute approximate surface area is 117 Å². The predicted molar refractivity (Wildman–Crippen MR) is 77.6 cm³/mol. The SMILES string of the molecule is CCNC(C)CCSc1nnnn1-c1ccccc1. The summed E-state index contributed by atoms with van der Waals surface area (Å²) in [6, 6.07) is 10.5. The van der Waals surface area contributed by atoms with Gasteiger partial charge in [-0.1, -0.05) is 36.9 Å². The first-order chi connectivity index (χ1) is 9.31. The molecule has 19 heavy (non-hydrogen) atoms. The summed E-state index contributed by atoms with van der Waals surface area (Å²) >= 11 is 1.69. The lowest BCUT2D eigenvalue weighted by Crippen LogP contribution is -2.25. The van der Waals surface area contributed by atoms with Gasteiger partial charge in [-0.15, -0.1) is 5.10 Å². The number of nitrogens with one attached hydrogen (secondary N) is 1. The minimum Gasteiger partial charge on any atom is -0.315 e. The first kappa shape index (κ1) is 14.0. The molecule has 1 unspecified atom stereocenters. The molecule has 1 heterocycles. The molecule has 0 saturated heterocycles. The molecule has 0 amide bonds. The van der Waals surface area contributed by atoms with E-state index in [1.807, 2.05) is 30.3 Å². The highest BCUT2D eigenvalue weighted by molar-refractivity contribution is 7.99. The molecule has 0 radical (unpaired) electrons. The van der Waals surface area contributed by atoms with Gasteiger partial charge in [-0.05, 0) is 42.4 Å². The van der Waals surface area contributed by atoms with Crippen LogP contribution in [-0.4, -0.2) is 38.5 Å². The Bertz CT molecular complexity index is 485. The lowest BCUT2D eigenvalue weighted by molar-refractivity contribution is 0.556. The molecule has 0 aliphatic heterocycles. The topological polar surface area (TPSA) is 55.6 Å². The highest BCUT2D eigenvalue weighted by Gasteiger charge is 2.09. The second-order valence-electron chi connectivity index (χ2n) is 4.30. The zero-order valence-electron chi connectivity index (χ0n) is 11.3. The minimum atomic E-state index is 0.526. The van der Waals surface area contributed by atoms with Crippen molar-refractivity contribution in [2.75, 3.05) is 12.3 Å². The van der Waals surface area contributed by atoms with Crippen LogP contribution in [0.2, 0.25) is 0 Å². The fraction of sp³-hybridized carbons (Fsp3) is 0.462. The standard InChI is InChI=1S/C13H19N5S/c1-3-14-11(2)9-10-19-13-15-16-17-18(13)12-7-5-4-6-8-12/h4-8,11,14H,3,9-10H2,1-2H3. The summed E-state index contributed by atoms with van der Waals surface area (Å²) in [6.07, 6.45) is 1.10. The van der Waals surface area contributed by atoms with Crippen LogP contribution < -0.4 is 5.32 Å². The molecule has 102 valence electrons. The van der Waals surface area contributed by atoms with E-state index < -0.39 is 0 Å². The van der Waals surface area contributed by atoms with E-state index >= 15 is 0 Å². The zero-order valence-corrected chi connectivity index (χ0v) is 12.1. The molecule has 0 aliphatic rings. The van der Waals surface area contributed by atoms with Crippen LogP contribution in [0.3, 0.4) is 0 Å². The maximum Gasteiger partial charge on any atom is 0.214 e. The van der Waals surface area contributed by atoms with Gasteiger partial charge < -0.3 is 5.32 Å². The average molecular weight is 277 g/mol. The van der Waals surface area contributed by atoms with Crippen LogP contribution in [0.25, 0.3) is 5.69 Å². The molecule has 2 rings (SSSR count). The molecule has 1 N–H and O–H groups in total. The van der Waals surface area contributed by atoms with Crippen LogP contribution in [0.1, 0.15) is 20.3 Å². The summed E-state index contributed by atoms with van der Waals surface area (Å²) in [5.74, 6) is 1.00. The first-order valence-electron chi connectivity index (χ1n) is 6.51. The Kier molecular flexibility index (Phi) is 5.35. The van der Waals surface area contributed by atoms with Crippen LogP contribution in [0, 0.1) is 0 Å². The quantitative estimate of drug-likeness (QED) is 0.786. The van der Waals surface area contributed by atoms with Gasteiger partial charge in [-0.2, -0.15) is 4.68 Å². The highest BCUT2D eigenvalue weighted by atomic mass is 32.2. The molecule has 0 aliphatic carbocycles. The van der Waals surface area contributed by atoms with E-state index in [4.69, 9.17) is 0 Å². The fourth-order valence-corrected chi connectivity index (χ4v) is 2.79. The van der Waals surface area contributed by atoms with Crippen molar-refractivity contribution in [2.24, 2.45) is 0 Å². The Hall–Kier alpha value is -1.40. The van der Waals surface area contributed by atoms with Gasteiger partial charge in [0.25, 0.3) is 0 Å². The molecule has 0 fully saturated rings. The molecule has 1 aromatic carbocycles. The van der Waals surface area contributed by atoms with Crippen molar-refractivity contribution < 1.29 is 0 Å². The van der Waals surface area contributed by atoms with E-state index in [-0.39, 0.29) is 0 Å². The smallest absolute Gasteiger partial charge is 0.214 e. The maximum absolute atomic E-state index is 4.08. The van der Waals surface area contributed by atoms with Gasteiger partial charge in [-0.25, -0.2) is 0 Å². The van der Waals surface area contributed by atoms with Crippen molar-refractivity contribution >= 4 is 11.8 Å². The third kappa shape index (κ3) is 4.04.